The van der Waals surface area contributed by atoms with Crippen molar-refractivity contribution in [1.82, 2.24) is 4.90 Å². The van der Waals surface area contributed by atoms with Crippen LogP contribution in [0.15, 0.2) is 0 Å². The molecule has 0 atom stereocenters. The fourth-order valence-corrected chi connectivity index (χ4v) is 2.69. The quantitative estimate of drug-likeness (QED) is 0.708. The smallest absolute Gasteiger partial charge is 0.0683 e. The average molecular weight is 251 g/mol. The SMILES string of the molecule is CC(C)(C#N)CCCCN1CCC(CCN)CC1. The monoisotopic (exact) mass is 251 g/mol. The largest absolute Gasteiger partial charge is 0.330 e. The normalized spacial score (nSPS) is 18.8. The second-order valence-electron chi connectivity index (χ2n) is 6.32. The molecule has 1 rings (SSSR count). The van der Waals surface area contributed by atoms with Gasteiger partial charge < -0.3 is 10.6 Å². The summed E-state index contributed by atoms with van der Waals surface area (Å²) in [6, 6.07) is 2.37. The number of nitrogens with zero attached hydrogens (tertiary/aromatic N) is 2. The molecule has 1 aliphatic heterocycles. The van der Waals surface area contributed by atoms with Crippen molar-refractivity contribution < 1.29 is 0 Å². The lowest BCUT2D eigenvalue weighted by molar-refractivity contribution is 0.176. The molecule has 3 nitrogen and oxygen atoms in total. The summed E-state index contributed by atoms with van der Waals surface area (Å²) in [4.78, 5) is 2.58. The highest BCUT2D eigenvalue weighted by atomic mass is 15.1. The Hall–Kier alpha value is -0.590. The number of nitrogens with two attached hydrogens (primary N) is 1. The highest BCUT2D eigenvalue weighted by Crippen LogP contribution is 2.23. The number of unbranched alkanes of at least 4 members (excludes halogenated alkanes) is 1. The Kier molecular flexibility index (Phi) is 6.67. The molecule has 0 aromatic carbocycles. The summed E-state index contributed by atoms with van der Waals surface area (Å²) in [5.74, 6) is 0.865. The zero-order valence-electron chi connectivity index (χ0n) is 12.1. The molecule has 0 unspecified atom stereocenters. The maximum Gasteiger partial charge on any atom is 0.0683 e. The van der Waals surface area contributed by atoms with Crippen LogP contribution in [0.2, 0.25) is 0 Å². The van der Waals surface area contributed by atoms with E-state index in [1.165, 1.54) is 51.7 Å². The Morgan fingerprint density at radius 2 is 1.94 bits per heavy atom. The van der Waals surface area contributed by atoms with Crippen molar-refractivity contribution in [2.45, 2.75) is 52.4 Å². The lowest BCUT2D eigenvalue weighted by atomic mass is 9.89. The molecule has 0 amide bonds. The molecule has 0 radical (unpaired) electrons. The molecule has 18 heavy (non-hydrogen) atoms. The second kappa shape index (κ2) is 7.76. The third kappa shape index (κ3) is 5.84. The van der Waals surface area contributed by atoms with E-state index >= 15 is 0 Å². The third-order valence-electron chi connectivity index (χ3n) is 4.11. The van der Waals surface area contributed by atoms with Gasteiger partial charge in [-0.2, -0.15) is 5.26 Å². The molecule has 2 N–H and O–H groups in total. The van der Waals surface area contributed by atoms with Crippen molar-refractivity contribution in [3.8, 4) is 6.07 Å². The number of nitriles is 1. The number of likely N-dealkylation sites (tertiary alicyclic amines) is 1. The molecule has 0 saturated carbocycles. The van der Waals surface area contributed by atoms with Crippen LogP contribution in [-0.2, 0) is 0 Å². The van der Waals surface area contributed by atoms with E-state index in [-0.39, 0.29) is 5.41 Å². The van der Waals surface area contributed by atoms with E-state index in [2.05, 4.69) is 11.0 Å². The molecule has 1 aliphatic rings. The van der Waals surface area contributed by atoms with E-state index < -0.39 is 0 Å². The minimum atomic E-state index is -0.145. The number of rotatable bonds is 7. The van der Waals surface area contributed by atoms with Gasteiger partial charge in [0.15, 0.2) is 0 Å². The van der Waals surface area contributed by atoms with E-state index in [0.29, 0.717) is 0 Å². The lowest BCUT2D eigenvalue weighted by Gasteiger charge is -2.31. The summed E-state index contributed by atoms with van der Waals surface area (Å²) in [6.07, 6.45) is 7.26. The maximum atomic E-state index is 8.95. The summed E-state index contributed by atoms with van der Waals surface area (Å²) in [7, 11) is 0. The summed E-state index contributed by atoms with van der Waals surface area (Å²) >= 11 is 0. The molecule has 1 saturated heterocycles. The van der Waals surface area contributed by atoms with E-state index in [9.17, 15) is 0 Å². The predicted octanol–water partition coefficient (Wildman–Crippen LogP) is 2.77. The van der Waals surface area contributed by atoms with Crippen molar-refractivity contribution in [1.29, 1.82) is 5.26 Å². The van der Waals surface area contributed by atoms with Gasteiger partial charge in [-0.25, -0.2) is 0 Å². The van der Waals surface area contributed by atoms with Gasteiger partial charge in [0.1, 0.15) is 0 Å². The standard InChI is InChI=1S/C15H29N3/c1-15(2,13-17)8-3-4-10-18-11-6-14(5-9-16)7-12-18/h14H,3-12,16H2,1-2H3. The van der Waals surface area contributed by atoms with Crippen LogP contribution in [0.1, 0.15) is 52.4 Å². The summed E-state index contributed by atoms with van der Waals surface area (Å²) in [5.41, 5.74) is 5.46. The topological polar surface area (TPSA) is 53.0 Å². The third-order valence-corrected chi connectivity index (χ3v) is 4.11. The predicted molar refractivity (Wildman–Crippen MR) is 76.1 cm³/mol. The first-order valence-electron chi connectivity index (χ1n) is 7.41. The van der Waals surface area contributed by atoms with Gasteiger partial charge in [-0.15, -0.1) is 0 Å². The lowest BCUT2D eigenvalue weighted by Crippen LogP contribution is -2.35. The molecule has 0 bridgehead atoms. The van der Waals surface area contributed by atoms with Gasteiger partial charge in [0.2, 0.25) is 0 Å². The average Bonchev–Trinajstić information content (AvgIpc) is 2.37. The second-order valence-corrected chi connectivity index (χ2v) is 6.32. The van der Waals surface area contributed by atoms with Crippen molar-refractivity contribution >= 4 is 0 Å². The fourth-order valence-electron chi connectivity index (χ4n) is 2.69. The van der Waals surface area contributed by atoms with Crippen LogP contribution in [0, 0.1) is 22.7 Å². The number of hydrogen-bond acceptors (Lipinski definition) is 3. The van der Waals surface area contributed by atoms with Crippen LogP contribution in [0.25, 0.3) is 0 Å². The number of hydrogen-bond donors (Lipinski definition) is 1. The van der Waals surface area contributed by atoms with E-state index in [1.54, 1.807) is 0 Å². The highest BCUT2D eigenvalue weighted by Gasteiger charge is 2.19. The highest BCUT2D eigenvalue weighted by molar-refractivity contribution is 4.91. The van der Waals surface area contributed by atoms with Crippen LogP contribution < -0.4 is 5.73 Å². The Bertz CT molecular complexity index is 259. The van der Waals surface area contributed by atoms with Gasteiger partial charge in [-0.05, 0) is 78.0 Å². The molecule has 0 aromatic heterocycles. The summed E-state index contributed by atoms with van der Waals surface area (Å²) in [6.45, 7) is 8.60. The molecule has 1 fully saturated rings. The molecule has 104 valence electrons. The van der Waals surface area contributed by atoms with Crippen LogP contribution in [-0.4, -0.2) is 31.1 Å². The molecular formula is C15H29N3. The van der Waals surface area contributed by atoms with Crippen molar-refractivity contribution in [2.24, 2.45) is 17.1 Å². The first-order chi connectivity index (χ1) is 8.57. The molecular weight excluding hydrogens is 222 g/mol. The van der Waals surface area contributed by atoms with Crippen LogP contribution in [0.4, 0.5) is 0 Å². The summed E-state index contributed by atoms with van der Waals surface area (Å²) < 4.78 is 0. The van der Waals surface area contributed by atoms with Gasteiger partial charge in [0, 0.05) is 0 Å². The molecule has 0 aliphatic carbocycles. The van der Waals surface area contributed by atoms with Crippen molar-refractivity contribution in [3.63, 3.8) is 0 Å². The maximum absolute atomic E-state index is 8.95. The summed E-state index contributed by atoms with van der Waals surface area (Å²) in [5, 5.41) is 8.95. The zero-order valence-corrected chi connectivity index (χ0v) is 12.1. The minimum Gasteiger partial charge on any atom is -0.330 e. The van der Waals surface area contributed by atoms with E-state index in [0.717, 1.165) is 18.9 Å². The van der Waals surface area contributed by atoms with Gasteiger partial charge in [-0.3, -0.25) is 0 Å². The Balaban J connectivity index is 2.06. The molecule has 3 heteroatoms. The van der Waals surface area contributed by atoms with Crippen LogP contribution in [0.5, 0.6) is 0 Å². The first-order valence-corrected chi connectivity index (χ1v) is 7.41. The van der Waals surface area contributed by atoms with Crippen LogP contribution >= 0.6 is 0 Å². The molecule has 0 spiro atoms. The van der Waals surface area contributed by atoms with Crippen molar-refractivity contribution in [2.75, 3.05) is 26.2 Å². The Morgan fingerprint density at radius 1 is 1.28 bits per heavy atom. The first kappa shape index (κ1) is 15.5. The van der Waals surface area contributed by atoms with Gasteiger partial charge in [0.05, 0.1) is 11.5 Å². The Labute approximate surface area is 112 Å². The van der Waals surface area contributed by atoms with Crippen molar-refractivity contribution in [3.05, 3.63) is 0 Å². The zero-order chi connectivity index (χ0) is 13.4. The Morgan fingerprint density at radius 3 is 2.50 bits per heavy atom. The van der Waals surface area contributed by atoms with E-state index in [1.807, 2.05) is 13.8 Å². The fraction of sp³-hybridized carbons (Fsp3) is 0.933. The van der Waals surface area contributed by atoms with Gasteiger partial charge in [0.25, 0.3) is 0 Å². The molecule has 0 aromatic rings. The van der Waals surface area contributed by atoms with Gasteiger partial charge >= 0.3 is 0 Å². The molecule has 1 heterocycles. The van der Waals surface area contributed by atoms with Crippen LogP contribution in [0.3, 0.4) is 0 Å². The minimum absolute atomic E-state index is 0.145. The van der Waals surface area contributed by atoms with Gasteiger partial charge in [-0.1, -0.05) is 6.42 Å². The number of piperidine rings is 1. The van der Waals surface area contributed by atoms with E-state index in [4.69, 9.17) is 11.0 Å².